The Hall–Kier alpha value is -0.310. The second-order valence-corrected chi connectivity index (χ2v) is 7.27. The smallest absolute Gasteiger partial charge is 0.142 e. The summed E-state index contributed by atoms with van der Waals surface area (Å²) in [4.78, 5) is 0. The maximum Gasteiger partial charge on any atom is 0.142 e. The molecule has 0 radical (unpaired) electrons. The van der Waals surface area contributed by atoms with Crippen molar-refractivity contribution in [2.24, 2.45) is 5.41 Å². The first-order chi connectivity index (χ1) is 9.78. The van der Waals surface area contributed by atoms with Gasteiger partial charge in [0.05, 0.1) is 5.02 Å². The van der Waals surface area contributed by atoms with Gasteiger partial charge in [-0.3, -0.25) is 0 Å². The third-order valence-corrected chi connectivity index (χ3v) is 4.57. The van der Waals surface area contributed by atoms with E-state index in [0.29, 0.717) is 10.6 Å². The zero-order chi connectivity index (χ0) is 16.0. The Bertz CT molecular complexity index is 460. The molecule has 1 atom stereocenters. The summed E-state index contributed by atoms with van der Waals surface area (Å²) >= 11 is 12.2. The number of hydrogen-bond donors (Lipinski definition) is 1. The number of unbranched alkanes of at least 4 members (excludes halogenated alkanes) is 2. The third kappa shape index (κ3) is 5.77. The van der Waals surface area contributed by atoms with Gasteiger partial charge in [-0.1, -0.05) is 63.2 Å². The SMILES string of the molecule is CCCCCC(C)(C)CNC(C)c1c(Cl)ccc(F)c1Cl. The summed E-state index contributed by atoms with van der Waals surface area (Å²) in [6, 6.07) is 2.78. The molecule has 120 valence electrons. The highest BCUT2D eigenvalue weighted by atomic mass is 35.5. The molecule has 0 heterocycles. The molecule has 0 aliphatic carbocycles. The Labute approximate surface area is 138 Å². The summed E-state index contributed by atoms with van der Waals surface area (Å²) in [5, 5.41) is 4.06. The normalized spacial score (nSPS) is 13.5. The van der Waals surface area contributed by atoms with Gasteiger partial charge in [0, 0.05) is 23.2 Å². The van der Waals surface area contributed by atoms with Gasteiger partial charge in [0.25, 0.3) is 0 Å². The minimum atomic E-state index is -0.424. The van der Waals surface area contributed by atoms with Gasteiger partial charge in [-0.05, 0) is 30.9 Å². The zero-order valence-corrected chi connectivity index (χ0v) is 14.9. The van der Waals surface area contributed by atoms with E-state index in [1.807, 2.05) is 6.92 Å². The average Bonchev–Trinajstić information content (AvgIpc) is 2.41. The molecule has 0 bridgehead atoms. The fourth-order valence-corrected chi connectivity index (χ4v) is 3.11. The molecule has 0 saturated carbocycles. The van der Waals surface area contributed by atoms with E-state index in [1.165, 1.54) is 31.7 Å². The van der Waals surface area contributed by atoms with Gasteiger partial charge in [-0.25, -0.2) is 4.39 Å². The maximum atomic E-state index is 13.6. The topological polar surface area (TPSA) is 12.0 Å². The Kier molecular flexibility index (Phi) is 7.46. The predicted molar refractivity (Wildman–Crippen MR) is 90.8 cm³/mol. The van der Waals surface area contributed by atoms with Crippen molar-refractivity contribution >= 4 is 23.2 Å². The van der Waals surface area contributed by atoms with Crippen LogP contribution in [0.2, 0.25) is 10.0 Å². The Morgan fingerprint density at radius 3 is 2.52 bits per heavy atom. The van der Waals surface area contributed by atoms with Gasteiger partial charge in [0.15, 0.2) is 0 Å². The fraction of sp³-hybridized carbons (Fsp3) is 0.647. The van der Waals surface area contributed by atoms with Crippen LogP contribution in [0.15, 0.2) is 12.1 Å². The van der Waals surface area contributed by atoms with Crippen LogP contribution in [-0.2, 0) is 0 Å². The zero-order valence-electron chi connectivity index (χ0n) is 13.4. The molecule has 0 aliphatic heterocycles. The molecule has 0 amide bonds. The number of halogens is 3. The quantitative estimate of drug-likeness (QED) is 0.429. The third-order valence-electron chi connectivity index (χ3n) is 3.86. The molecule has 1 aromatic rings. The maximum absolute atomic E-state index is 13.6. The van der Waals surface area contributed by atoms with Crippen molar-refractivity contribution in [1.29, 1.82) is 0 Å². The summed E-state index contributed by atoms with van der Waals surface area (Å²) < 4.78 is 13.6. The van der Waals surface area contributed by atoms with Crippen LogP contribution >= 0.6 is 23.2 Å². The van der Waals surface area contributed by atoms with Crippen LogP contribution < -0.4 is 5.32 Å². The second kappa shape index (κ2) is 8.36. The molecule has 1 nitrogen and oxygen atoms in total. The molecule has 1 aromatic carbocycles. The van der Waals surface area contributed by atoms with Gasteiger partial charge in [0.2, 0.25) is 0 Å². The molecule has 1 N–H and O–H groups in total. The minimum Gasteiger partial charge on any atom is -0.310 e. The number of hydrogen-bond acceptors (Lipinski definition) is 1. The van der Waals surface area contributed by atoms with Crippen LogP contribution in [0, 0.1) is 11.2 Å². The van der Waals surface area contributed by atoms with E-state index < -0.39 is 5.82 Å². The first-order valence-electron chi connectivity index (χ1n) is 7.65. The van der Waals surface area contributed by atoms with Gasteiger partial charge >= 0.3 is 0 Å². The molecule has 0 aromatic heterocycles. The highest BCUT2D eigenvalue weighted by Gasteiger charge is 2.21. The first kappa shape index (κ1) is 18.7. The number of benzene rings is 1. The molecule has 0 saturated heterocycles. The molecule has 1 unspecified atom stereocenters. The first-order valence-corrected chi connectivity index (χ1v) is 8.41. The fourth-order valence-electron chi connectivity index (χ4n) is 2.41. The molecular formula is C17H26Cl2FN. The highest BCUT2D eigenvalue weighted by molar-refractivity contribution is 6.36. The Balaban J connectivity index is 2.65. The number of rotatable bonds is 8. The monoisotopic (exact) mass is 333 g/mol. The molecule has 21 heavy (non-hydrogen) atoms. The van der Waals surface area contributed by atoms with Crippen LogP contribution in [-0.4, -0.2) is 6.54 Å². The molecule has 0 aliphatic rings. The largest absolute Gasteiger partial charge is 0.310 e. The van der Waals surface area contributed by atoms with E-state index >= 15 is 0 Å². The van der Waals surface area contributed by atoms with Crippen molar-refractivity contribution in [2.45, 2.75) is 59.4 Å². The lowest BCUT2D eigenvalue weighted by Crippen LogP contribution is -2.31. The second-order valence-electron chi connectivity index (χ2n) is 6.48. The standard InChI is InChI=1S/C17H26Cl2FN/c1-5-6-7-10-17(3,4)11-21-12(2)15-13(18)8-9-14(20)16(15)19/h8-9,12,21H,5-7,10-11H2,1-4H3. The van der Waals surface area contributed by atoms with Crippen molar-refractivity contribution < 1.29 is 4.39 Å². The van der Waals surface area contributed by atoms with Crippen molar-refractivity contribution in [1.82, 2.24) is 5.32 Å². The van der Waals surface area contributed by atoms with E-state index in [0.717, 1.165) is 6.54 Å². The van der Waals surface area contributed by atoms with E-state index in [4.69, 9.17) is 23.2 Å². The van der Waals surface area contributed by atoms with E-state index in [2.05, 4.69) is 26.1 Å². The molecule has 0 fully saturated rings. The van der Waals surface area contributed by atoms with E-state index in [9.17, 15) is 4.39 Å². The molecule has 0 spiro atoms. The molecular weight excluding hydrogens is 308 g/mol. The van der Waals surface area contributed by atoms with Crippen LogP contribution in [0.5, 0.6) is 0 Å². The van der Waals surface area contributed by atoms with E-state index in [-0.39, 0.29) is 16.5 Å². The summed E-state index contributed by atoms with van der Waals surface area (Å²) in [6.45, 7) is 9.52. The summed E-state index contributed by atoms with van der Waals surface area (Å²) in [5.41, 5.74) is 0.845. The van der Waals surface area contributed by atoms with Crippen molar-refractivity contribution in [3.8, 4) is 0 Å². The van der Waals surface area contributed by atoms with Crippen LogP contribution in [0.3, 0.4) is 0 Å². The predicted octanol–water partition coefficient (Wildman–Crippen LogP) is 6.39. The highest BCUT2D eigenvalue weighted by Crippen LogP contribution is 2.33. The van der Waals surface area contributed by atoms with Gasteiger partial charge in [0.1, 0.15) is 5.82 Å². The van der Waals surface area contributed by atoms with Crippen LogP contribution in [0.1, 0.15) is 65.0 Å². The van der Waals surface area contributed by atoms with Gasteiger partial charge < -0.3 is 5.32 Å². The molecule has 1 rings (SSSR count). The molecule has 4 heteroatoms. The average molecular weight is 334 g/mol. The summed E-state index contributed by atoms with van der Waals surface area (Å²) in [7, 11) is 0. The minimum absolute atomic E-state index is 0.0776. The van der Waals surface area contributed by atoms with Crippen LogP contribution in [0.4, 0.5) is 4.39 Å². The van der Waals surface area contributed by atoms with E-state index in [1.54, 1.807) is 6.07 Å². The van der Waals surface area contributed by atoms with Crippen molar-refractivity contribution in [3.63, 3.8) is 0 Å². The van der Waals surface area contributed by atoms with Crippen molar-refractivity contribution in [2.75, 3.05) is 6.54 Å². The van der Waals surface area contributed by atoms with Crippen LogP contribution in [0.25, 0.3) is 0 Å². The summed E-state index contributed by atoms with van der Waals surface area (Å²) in [5.74, 6) is -0.424. The lowest BCUT2D eigenvalue weighted by molar-refractivity contribution is 0.291. The lowest BCUT2D eigenvalue weighted by atomic mass is 9.86. The van der Waals surface area contributed by atoms with Crippen molar-refractivity contribution in [3.05, 3.63) is 33.6 Å². The van der Waals surface area contributed by atoms with Gasteiger partial charge in [-0.2, -0.15) is 0 Å². The lowest BCUT2D eigenvalue weighted by Gasteiger charge is -2.28. The number of nitrogens with one attached hydrogen (secondary N) is 1. The van der Waals surface area contributed by atoms with Gasteiger partial charge in [-0.15, -0.1) is 0 Å². The summed E-state index contributed by atoms with van der Waals surface area (Å²) in [6.07, 6.45) is 4.90. The Morgan fingerprint density at radius 1 is 1.24 bits per heavy atom. The Morgan fingerprint density at radius 2 is 1.90 bits per heavy atom.